The zero-order valence-corrected chi connectivity index (χ0v) is 16.8. The van der Waals surface area contributed by atoms with Gasteiger partial charge in [0.25, 0.3) is 11.6 Å². The zero-order valence-electron chi connectivity index (χ0n) is 16.0. The second-order valence-corrected chi connectivity index (χ2v) is 7.84. The Morgan fingerprint density at radius 2 is 2.04 bits per heavy atom. The van der Waals surface area contributed by atoms with Gasteiger partial charge in [-0.3, -0.25) is 4.79 Å². The van der Waals surface area contributed by atoms with Crippen molar-refractivity contribution < 1.29 is 9.32 Å². The van der Waals surface area contributed by atoms with Gasteiger partial charge in [0.2, 0.25) is 0 Å². The Bertz CT molecular complexity index is 1110. The highest BCUT2D eigenvalue weighted by Crippen LogP contribution is 2.34. The number of carbonyl (C=O) groups is 1. The van der Waals surface area contributed by atoms with Crippen molar-refractivity contribution in [1.82, 2.24) is 15.5 Å². The summed E-state index contributed by atoms with van der Waals surface area (Å²) in [5, 5.41) is 9.93. The van der Waals surface area contributed by atoms with Gasteiger partial charge in [-0.1, -0.05) is 48.0 Å². The molecule has 3 aromatic heterocycles. The van der Waals surface area contributed by atoms with E-state index in [2.05, 4.69) is 15.5 Å². The van der Waals surface area contributed by atoms with Crippen molar-refractivity contribution in [3.8, 4) is 21.8 Å². The lowest BCUT2D eigenvalue weighted by atomic mass is 10.0. The first kappa shape index (κ1) is 18.4. The van der Waals surface area contributed by atoms with E-state index in [1.807, 2.05) is 68.6 Å². The first-order chi connectivity index (χ1) is 13.6. The molecule has 1 aromatic carbocycles. The molecule has 1 amide bonds. The van der Waals surface area contributed by atoms with Gasteiger partial charge in [-0.05, 0) is 37.8 Å². The van der Waals surface area contributed by atoms with Gasteiger partial charge < -0.3 is 9.84 Å². The monoisotopic (exact) mass is 391 g/mol. The van der Waals surface area contributed by atoms with Gasteiger partial charge >= 0.3 is 0 Å². The number of rotatable bonds is 5. The van der Waals surface area contributed by atoms with Crippen LogP contribution in [0.2, 0.25) is 0 Å². The van der Waals surface area contributed by atoms with Crippen molar-refractivity contribution in [2.24, 2.45) is 0 Å². The van der Waals surface area contributed by atoms with Crippen LogP contribution in [0.5, 0.6) is 0 Å². The molecule has 0 saturated heterocycles. The first-order valence-corrected chi connectivity index (χ1v) is 10.2. The van der Waals surface area contributed by atoms with Crippen LogP contribution in [-0.4, -0.2) is 22.1 Å². The molecule has 28 heavy (non-hydrogen) atoms. The van der Waals surface area contributed by atoms with Gasteiger partial charge in [-0.15, -0.1) is 11.3 Å². The second-order valence-electron chi connectivity index (χ2n) is 6.89. The SMILES string of the molecule is CCC(C)NC(=O)c1cc(-c2cccs2)nc2onc(-c3ccc(C)cc3)c12. The zero-order chi connectivity index (χ0) is 19.7. The lowest BCUT2D eigenvalue weighted by Gasteiger charge is -2.12. The Morgan fingerprint density at radius 1 is 1.25 bits per heavy atom. The number of aromatic nitrogens is 2. The molecule has 6 heteroatoms. The predicted octanol–water partition coefficient (Wildman–Crippen LogP) is 5.46. The predicted molar refractivity (Wildman–Crippen MR) is 113 cm³/mol. The molecule has 4 aromatic rings. The smallest absolute Gasteiger partial charge is 0.259 e. The summed E-state index contributed by atoms with van der Waals surface area (Å²) in [5.41, 5.74) is 4.30. The quantitative estimate of drug-likeness (QED) is 0.491. The van der Waals surface area contributed by atoms with Crippen molar-refractivity contribution >= 4 is 28.3 Å². The molecular weight excluding hydrogens is 370 g/mol. The lowest BCUT2D eigenvalue weighted by molar-refractivity contribution is 0.0941. The van der Waals surface area contributed by atoms with Crippen LogP contribution in [0.1, 0.15) is 36.2 Å². The van der Waals surface area contributed by atoms with Gasteiger partial charge in [0.15, 0.2) is 0 Å². The number of hydrogen-bond donors (Lipinski definition) is 1. The van der Waals surface area contributed by atoms with E-state index in [9.17, 15) is 4.79 Å². The van der Waals surface area contributed by atoms with Gasteiger partial charge in [-0.25, -0.2) is 4.98 Å². The van der Waals surface area contributed by atoms with Crippen LogP contribution < -0.4 is 5.32 Å². The van der Waals surface area contributed by atoms with Crippen LogP contribution in [-0.2, 0) is 0 Å². The van der Waals surface area contributed by atoms with E-state index in [1.165, 1.54) is 0 Å². The Hall–Kier alpha value is -2.99. The summed E-state index contributed by atoms with van der Waals surface area (Å²) >= 11 is 1.57. The average molecular weight is 391 g/mol. The first-order valence-electron chi connectivity index (χ1n) is 9.29. The summed E-state index contributed by atoms with van der Waals surface area (Å²) in [7, 11) is 0. The van der Waals surface area contributed by atoms with Crippen LogP contribution in [0.15, 0.2) is 52.4 Å². The fourth-order valence-corrected chi connectivity index (χ4v) is 3.68. The number of nitrogens with one attached hydrogen (secondary N) is 1. The van der Waals surface area contributed by atoms with E-state index in [0.29, 0.717) is 28.1 Å². The third kappa shape index (κ3) is 3.43. The summed E-state index contributed by atoms with van der Waals surface area (Å²) in [6, 6.07) is 13.8. The molecule has 0 aliphatic rings. The molecule has 0 aliphatic carbocycles. The molecule has 0 spiro atoms. The highest BCUT2D eigenvalue weighted by atomic mass is 32.1. The minimum atomic E-state index is -0.142. The summed E-state index contributed by atoms with van der Waals surface area (Å²) in [6.07, 6.45) is 0.853. The molecule has 1 atom stereocenters. The molecule has 1 N–H and O–H groups in total. The number of thiophene rings is 1. The number of benzene rings is 1. The Kier molecular flexibility index (Phi) is 4.96. The van der Waals surface area contributed by atoms with E-state index >= 15 is 0 Å². The third-order valence-electron chi connectivity index (χ3n) is 4.78. The van der Waals surface area contributed by atoms with Crippen LogP contribution in [0.3, 0.4) is 0 Å². The number of fused-ring (bicyclic) bond motifs is 1. The average Bonchev–Trinajstić information content (AvgIpc) is 3.37. The van der Waals surface area contributed by atoms with Gasteiger partial charge in [-0.2, -0.15) is 0 Å². The molecule has 142 valence electrons. The number of nitrogens with zero attached hydrogens (tertiary/aromatic N) is 2. The van der Waals surface area contributed by atoms with Crippen LogP contribution in [0, 0.1) is 6.92 Å². The van der Waals surface area contributed by atoms with Gasteiger partial charge in [0.1, 0.15) is 5.69 Å². The Labute approximate surface area is 167 Å². The summed E-state index contributed by atoms with van der Waals surface area (Å²) < 4.78 is 5.56. The Balaban J connectivity index is 1.91. The number of carbonyl (C=O) groups excluding carboxylic acids is 1. The van der Waals surface area contributed by atoms with E-state index in [4.69, 9.17) is 4.52 Å². The summed E-state index contributed by atoms with van der Waals surface area (Å²) in [5.74, 6) is -0.142. The number of hydrogen-bond acceptors (Lipinski definition) is 5. The van der Waals surface area contributed by atoms with E-state index in [1.54, 1.807) is 11.3 Å². The standard InChI is InChI=1S/C22H21N3O2S/c1-4-14(3)23-21(26)16-12-17(18-6-5-11-28-18)24-22-19(16)20(25-27-22)15-9-7-13(2)8-10-15/h5-12,14H,4H2,1-3H3,(H,23,26). The maximum absolute atomic E-state index is 13.1. The molecule has 0 fully saturated rings. The third-order valence-corrected chi connectivity index (χ3v) is 5.67. The number of amides is 1. The fraction of sp³-hybridized carbons (Fsp3) is 0.227. The van der Waals surface area contributed by atoms with Crippen molar-refractivity contribution in [2.75, 3.05) is 0 Å². The molecule has 5 nitrogen and oxygen atoms in total. The molecular formula is C22H21N3O2S. The molecule has 0 radical (unpaired) electrons. The molecule has 0 saturated carbocycles. The van der Waals surface area contributed by atoms with Crippen LogP contribution in [0.25, 0.3) is 32.9 Å². The molecule has 0 bridgehead atoms. The van der Waals surface area contributed by atoms with E-state index in [-0.39, 0.29) is 11.9 Å². The normalized spacial score (nSPS) is 12.2. The topological polar surface area (TPSA) is 68.0 Å². The van der Waals surface area contributed by atoms with E-state index < -0.39 is 0 Å². The minimum absolute atomic E-state index is 0.0728. The van der Waals surface area contributed by atoms with Crippen molar-refractivity contribution in [3.63, 3.8) is 0 Å². The maximum Gasteiger partial charge on any atom is 0.259 e. The molecule has 0 aliphatic heterocycles. The number of pyridine rings is 1. The Morgan fingerprint density at radius 3 is 2.71 bits per heavy atom. The van der Waals surface area contributed by atoms with Crippen molar-refractivity contribution in [2.45, 2.75) is 33.2 Å². The fourth-order valence-electron chi connectivity index (χ4n) is 2.99. The second kappa shape index (κ2) is 7.56. The number of aryl methyl sites for hydroxylation is 1. The van der Waals surface area contributed by atoms with Crippen molar-refractivity contribution in [1.29, 1.82) is 0 Å². The van der Waals surface area contributed by atoms with Crippen molar-refractivity contribution in [3.05, 3.63) is 59.0 Å². The highest BCUT2D eigenvalue weighted by Gasteiger charge is 2.22. The highest BCUT2D eigenvalue weighted by molar-refractivity contribution is 7.13. The molecule has 4 rings (SSSR count). The summed E-state index contributed by atoms with van der Waals surface area (Å²) in [6.45, 7) is 6.07. The lowest BCUT2D eigenvalue weighted by Crippen LogP contribution is -2.32. The maximum atomic E-state index is 13.1. The van der Waals surface area contributed by atoms with E-state index in [0.717, 1.165) is 22.4 Å². The molecule has 3 heterocycles. The largest absolute Gasteiger partial charge is 0.350 e. The summed E-state index contributed by atoms with van der Waals surface area (Å²) in [4.78, 5) is 18.7. The van der Waals surface area contributed by atoms with Crippen LogP contribution in [0.4, 0.5) is 0 Å². The van der Waals surface area contributed by atoms with Gasteiger partial charge in [0.05, 0.1) is 21.5 Å². The van der Waals surface area contributed by atoms with Gasteiger partial charge in [0, 0.05) is 11.6 Å². The van der Waals surface area contributed by atoms with Crippen LogP contribution >= 0.6 is 11.3 Å². The molecule has 1 unspecified atom stereocenters. The minimum Gasteiger partial charge on any atom is -0.350 e.